The molecule has 0 amide bonds. The van der Waals surface area contributed by atoms with Crippen molar-refractivity contribution in [1.82, 2.24) is 30.1 Å². The number of rotatable bonds is 0. The van der Waals surface area contributed by atoms with Crippen LogP contribution >= 0.6 is 0 Å². The lowest BCUT2D eigenvalue weighted by molar-refractivity contribution is -0.126. The molecule has 1 aliphatic carbocycles. The summed E-state index contributed by atoms with van der Waals surface area (Å²) in [6.07, 6.45) is 8.49. The van der Waals surface area contributed by atoms with E-state index in [-0.39, 0.29) is 17.6 Å². The number of nitrogens with zero attached hydrogens (tertiary/aromatic N) is 6. The fourth-order valence-corrected chi connectivity index (χ4v) is 7.00. The van der Waals surface area contributed by atoms with E-state index in [0.717, 1.165) is 68.1 Å². The molecule has 3 fully saturated rings. The Labute approximate surface area is 247 Å². The Hall–Kier alpha value is -3.44. The molecular weight excluding hydrogens is 528 g/mol. The Bertz CT molecular complexity index is 1420. The summed E-state index contributed by atoms with van der Waals surface area (Å²) in [7, 11) is 0. The smallest absolute Gasteiger partial charge is 0.225 e. The van der Waals surface area contributed by atoms with E-state index in [1.165, 1.54) is 5.56 Å². The predicted octanol–water partition coefficient (Wildman–Crippen LogP) is 3.00. The van der Waals surface area contributed by atoms with Crippen molar-refractivity contribution in [2.45, 2.75) is 56.3 Å². The van der Waals surface area contributed by atoms with E-state index in [2.05, 4.69) is 61.5 Å². The molecule has 3 unspecified atom stereocenters. The maximum absolute atomic E-state index is 13.4. The topological polar surface area (TPSA) is 110 Å². The van der Waals surface area contributed by atoms with Gasteiger partial charge in [-0.05, 0) is 74.5 Å². The fraction of sp³-hybridized carbons (Fsp3) is 0.500. The zero-order valence-electron chi connectivity index (χ0n) is 24.2. The van der Waals surface area contributed by atoms with Gasteiger partial charge < -0.3 is 20.6 Å². The Morgan fingerprint density at radius 1 is 1.00 bits per heavy atom. The highest BCUT2D eigenvalue weighted by atomic mass is 16.3. The van der Waals surface area contributed by atoms with Gasteiger partial charge in [-0.15, -0.1) is 0 Å². The molecule has 3 N–H and O–H groups in total. The number of aromatic nitrogens is 3. The van der Waals surface area contributed by atoms with Gasteiger partial charge in [-0.2, -0.15) is 0 Å². The number of carbonyl (C=O) groups is 1. The zero-order valence-corrected chi connectivity index (χ0v) is 24.2. The molecule has 1 spiro atoms. The highest BCUT2D eigenvalue weighted by molar-refractivity contribution is 5.93. The number of pyridine rings is 1. The van der Waals surface area contributed by atoms with E-state index in [0.29, 0.717) is 37.8 Å². The number of piperazine rings is 1. The number of ketones is 1. The molecular formula is C32H40N8O2. The molecule has 42 heavy (non-hydrogen) atoms. The largest absolute Gasteiger partial charge is 0.391 e. The highest BCUT2D eigenvalue weighted by Crippen LogP contribution is 2.43. The molecule has 2 aromatic heterocycles. The molecule has 10 nitrogen and oxygen atoms in total. The van der Waals surface area contributed by atoms with E-state index in [1.807, 2.05) is 24.5 Å². The van der Waals surface area contributed by atoms with E-state index in [4.69, 9.17) is 9.97 Å². The van der Waals surface area contributed by atoms with Gasteiger partial charge in [0.05, 0.1) is 18.2 Å². The van der Waals surface area contributed by atoms with Gasteiger partial charge in [0, 0.05) is 74.6 Å². The minimum atomic E-state index is -0.411. The third-order valence-corrected chi connectivity index (χ3v) is 9.67. The summed E-state index contributed by atoms with van der Waals surface area (Å²) < 4.78 is 0. The van der Waals surface area contributed by atoms with Crippen LogP contribution < -0.4 is 15.5 Å². The quantitative estimate of drug-likeness (QED) is 0.374. The molecule has 1 aromatic carbocycles. The molecule has 2 saturated heterocycles. The van der Waals surface area contributed by atoms with Crippen molar-refractivity contribution in [1.29, 1.82) is 0 Å². The first-order valence-corrected chi connectivity index (χ1v) is 15.3. The lowest BCUT2D eigenvalue weighted by Gasteiger charge is -2.41. The molecule has 3 aromatic rings. The molecule has 3 atom stereocenters. The summed E-state index contributed by atoms with van der Waals surface area (Å²) in [6.45, 7) is 7.62. The number of aliphatic hydroxyl groups excluding tert-OH is 1. The van der Waals surface area contributed by atoms with Gasteiger partial charge in [0.1, 0.15) is 5.82 Å². The number of carbonyl (C=O) groups excluding carboxylic acids is 1. The van der Waals surface area contributed by atoms with Gasteiger partial charge in [0.15, 0.2) is 5.78 Å². The molecule has 8 heterocycles. The van der Waals surface area contributed by atoms with Crippen LogP contribution in [0.5, 0.6) is 0 Å². The predicted molar refractivity (Wildman–Crippen MR) is 163 cm³/mol. The average molecular weight is 569 g/mol. The number of hydrogen-bond acceptors (Lipinski definition) is 10. The lowest BCUT2D eigenvalue weighted by atomic mass is 10.0. The monoisotopic (exact) mass is 568 g/mol. The van der Waals surface area contributed by atoms with Gasteiger partial charge in [0.25, 0.3) is 0 Å². The Balaban J connectivity index is 1.17. The van der Waals surface area contributed by atoms with Crippen LogP contribution in [0, 0.1) is 0 Å². The van der Waals surface area contributed by atoms with Crippen LogP contribution in [0.1, 0.15) is 44.2 Å². The summed E-state index contributed by atoms with van der Waals surface area (Å²) in [6, 6.07) is 12.9. The molecule has 0 radical (unpaired) electrons. The van der Waals surface area contributed by atoms with Crippen molar-refractivity contribution in [3.05, 3.63) is 60.6 Å². The molecule has 10 rings (SSSR count). The fourth-order valence-electron chi connectivity index (χ4n) is 7.00. The summed E-state index contributed by atoms with van der Waals surface area (Å²) in [4.78, 5) is 34.4. The Kier molecular flexibility index (Phi) is 7.39. The minimum Gasteiger partial charge on any atom is -0.391 e. The highest BCUT2D eigenvalue weighted by Gasteiger charge is 2.54. The lowest BCUT2D eigenvalue weighted by Crippen LogP contribution is -2.55. The molecule has 8 bridgehead atoms. The van der Waals surface area contributed by atoms with Crippen LogP contribution in [-0.2, 0) is 4.79 Å². The van der Waals surface area contributed by atoms with Gasteiger partial charge in [-0.3, -0.25) is 14.6 Å². The van der Waals surface area contributed by atoms with Crippen molar-refractivity contribution in [3.8, 4) is 11.1 Å². The number of hydrogen-bond donors (Lipinski definition) is 3. The maximum Gasteiger partial charge on any atom is 0.225 e. The van der Waals surface area contributed by atoms with E-state index < -0.39 is 6.10 Å². The van der Waals surface area contributed by atoms with Gasteiger partial charge >= 0.3 is 0 Å². The first kappa shape index (κ1) is 27.4. The van der Waals surface area contributed by atoms with Gasteiger partial charge in [0.2, 0.25) is 5.95 Å². The van der Waals surface area contributed by atoms with Crippen LogP contribution in [-0.4, -0.2) is 99.1 Å². The summed E-state index contributed by atoms with van der Waals surface area (Å²) in [5.74, 6) is 1.70. The van der Waals surface area contributed by atoms with Crippen LogP contribution in [0.15, 0.2) is 55.0 Å². The number of anilines is 3. The normalized spacial score (nSPS) is 29.1. The molecule has 220 valence electrons. The number of Topliss-reactive ketones (excluding diaryl/α,β-unsaturated/α-hetero) is 1. The summed E-state index contributed by atoms with van der Waals surface area (Å²) in [5.41, 5.74) is 3.86. The van der Waals surface area contributed by atoms with Crippen molar-refractivity contribution in [2.75, 3.05) is 56.0 Å². The summed E-state index contributed by atoms with van der Waals surface area (Å²) in [5, 5.41) is 17.4. The Morgan fingerprint density at radius 3 is 2.60 bits per heavy atom. The first-order valence-electron chi connectivity index (χ1n) is 15.3. The second-order valence-corrected chi connectivity index (χ2v) is 12.3. The summed E-state index contributed by atoms with van der Waals surface area (Å²) >= 11 is 0. The number of aliphatic hydroxyl groups is 1. The van der Waals surface area contributed by atoms with E-state index in [9.17, 15) is 9.90 Å². The standard InChI is InChI=1S/C32H40N8O2/c1-22-23-3-2-4-26(15-23)37-30-16-24(5-10-34-30)25-18-35-31(36-19-25)40-21-28(41)17-27(40)6-9-33-20-29(42)32(7-8-32)39-13-11-38(22)12-14-39/h2-5,10,15-16,18-19,22,27-28,33,41H,6-9,11-14,17,20-21H2,1H3,(H,34,37). The van der Waals surface area contributed by atoms with Crippen molar-refractivity contribution in [3.63, 3.8) is 0 Å². The molecule has 1 saturated carbocycles. The molecule has 10 heteroatoms. The van der Waals surface area contributed by atoms with E-state index >= 15 is 0 Å². The zero-order chi connectivity index (χ0) is 28.7. The number of benzene rings is 1. The SMILES string of the molecule is CC1c2cccc(c2)Nc2cc(ccn2)-c2cnc(nc2)N2CC(O)CC2CCNCC(=O)C2(CC2)N2CCN1CC2. The van der Waals surface area contributed by atoms with Crippen molar-refractivity contribution in [2.24, 2.45) is 0 Å². The number of nitrogens with one attached hydrogen (secondary N) is 2. The molecule has 6 aliphatic heterocycles. The van der Waals surface area contributed by atoms with Crippen LogP contribution in [0.3, 0.4) is 0 Å². The molecule has 7 aliphatic rings. The third kappa shape index (κ3) is 5.40. The van der Waals surface area contributed by atoms with E-state index in [1.54, 1.807) is 6.20 Å². The second kappa shape index (κ2) is 11.3. The van der Waals surface area contributed by atoms with Crippen LogP contribution in [0.4, 0.5) is 17.5 Å². The van der Waals surface area contributed by atoms with Crippen LogP contribution in [0.25, 0.3) is 11.1 Å². The average Bonchev–Trinajstić information content (AvgIpc) is 3.75. The van der Waals surface area contributed by atoms with Crippen molar-refractivity contribution < 1.29 is 9.90 Å². The second-order valence-electron chi connectivity index (χ2n) is 12.3. The van der Waals surface area contributed by atoms with Crippen molar-refractivity contribution >= 4 is 23.2 Å². The maximum atomic E-state index is 13.4. The van der Waals surface area contributed by atoms with Gasteiger partial charge in [-0.25, -0.2) is 15.0 Å². The Morgan fingerprint density at radius 2 is 1.81 bits per heavy atom. The minimum absolute atomic E-state index is 0.122. The third-order valence-electron chi connectivity index (χ3n) is 9.67. The van der Waals surface area contributed by atoms with Crippen LogP contribution in [0.2, 0.25) is 0 Å². The first-order chi connectivity index (χ1) is 20.5. The van der Waals surface area contributed by atoms with Gasteiger partial charge in [-0.1, -0.05) is 12.1 Å².